The van der Waals surface area contributed by atoms with Gasteiger partial charge in [-0.2, -0.15) is 13.2 Å². The SMILES string of the molecule is O=C(O)Cn1ccc2cc(OCc3ccc(C4CCCC4)c(C(F)(F)F)c3)ccc21. The molecule has 4 nitrogen and oxygen atoms in total. The van der Waals surface area contributed by atoms with Crippen molar-refractivity contribution in [1.29, 1.82) is 0 Å². The van der Waals surface area contributed by atoms with Crippen molar-refractivity contribution in [1.82, 2.24) is 4.57 Å². The number of hydrogen-bond acceptors (Lipinski definition) is 2. The number of halogens is 3. The van der Waals surface area contributed by atoms with Gasteiger partial charge < -0.3 is 14.4 Å². The summed E-state index contributed by atoms with van der Waals surface area (Å²) in [4.78, 5) is 10.9. The van der Waals surface area contributed by atoms with Crippen molar-refractivity contribution in [3.63, 3.8) is 0 Å². The monoisotopic (exact) mass is 417 g/mol. The summed E-state index contributed by atoms with van der Waals surface area (Å²) in [5.74, 6) is -0.438. The molecule has 0 unspecified atom stereocenters. The highest BCUT2D eigenvalue weighted by Gasteiger charge is 2.36. The van der Waals surface area contributed by atoms with Crippen molar-refractivity contribution in [2.45, 2.75) is 50.9 Å². The Morgan fingerprint density at radius 3 is 2.57 bits per heavy atom. The van der Waals surface area contributed by atoms with Gasteiger partial charge in [0.2, 0.25) is 0 Å². The quantitative estimate of drug-likeness (QED) is 0.537. The molecule has 0 bridgehead atoms. The van der Waals surface area contributed by atoms with Gasteiger partial charge in [-0.1, -0.05) is 25.0 Å². The average molecular weight is 417 g/mol. The minimum atomic E-state index is -4.39. The maximum Gasteiger partial charge on any atom is 0.416 e. The Kier molecular flexibility index (Phi) is 5.45. The van der Waals surface area contributed by atoms with Crippen molar-refractivity contribution >= 4 is 16.9 Å². The first-order valence-corrected chi connectivity index (χ1v) is 9.95. The van der Waals surface area contributed by atoms with Crippen LogP contribution in [0.2, 0.25) is 0 Å². The highest BCUT2D eigenvalue weighted by atomic mass is 19.4. The lowest BCUT2D eigenvalue weighted by Gasteiger charge is -2.19. The molecule has 0 radical (unpaired) electrons. The first-order chi connectivity index (χ1) is 14.3. The number of rotatable bonds is 6. The molecule has 1 aromatic heterocycles. The summed E-state index contributed by atoms with van der Waals surface area (Å²) >= 11 is 0. The third-order valence-electron chi connectivity index (χ3n) is 5.67. The Morgan fingerprint density at radius 2 is 1.87 bits per heavy atom. The Morgan fingerprint density at radius 1 is 1.10 bits per heavy atom. The molecule has 1 heterocycles. The molecule has 0 spiro atoms. The maximum atomic E-state index is 13.6. The van der Waals surface area contributed by atoms with Crippen LogP contribution in [0.3, 0.4) is 0 Å². The minimum Gasteiger partial charge on any atom is -0.489 e. The molecular weight excluding hydrogens is 395 g/mol. The number of fused-ring (bicyclic) bond motifs is 1. The average Bonchev–Trinajstić information content (AvgIpc) is 3.35. The molecule has 2 aromatic carbocycles. The van der Waals surface area contributed by atoms with Gasteiger partial charge in [-0.15, -0.1) is 0 Å². The maximum absolute atomic E-state index is 13.6. The van der Waals surface area contributed by atoms with Crippen LogP contribution in [-0.2, 0) is 24.1 Å². The smallest absolute Gasteiger partial charge is 0.416 e. The van der Waals surface area contributed by atoms with E-state index in [0.29, 0.717) is 16.9 Å². The summed E-state index contributed by atoms with van der Waals surface area (Å²) in [6.07, 6.45) is 0.855. The molecule has 0 atom stereocenters. The molecule has 1 N–H and O–H groups in total. The molecular formula is C23H22F3NO3. The number of carboxylic acid groups (broad SMARTS) is 1. The number of carboxylic acids is 1. The van der Waals surface area contributed by atoms with E-state index in [1.54, 1.807) is 47.2 Å². The molecule has 0 saturated heterocycles. The van der Waals surface area contributed by atoms with Crippen molar-refractivity contribution in [3.05, 3.63) is 65.4 Å². The number of nitrogens with zero attached hydrogens (tertiary/aromatic N) is 1. The topological polar surface area (TPSA) is 51.5 Å². The molecule has 3 aromatic rings. The lowest BCUT2D eigenvalue weighted by molar-refractivity contribution is -0.139. The number of benzene rings is 2. The third kappa shape index (κ3) is 4.30. The molecule has 0 aliphatic heterocycles. The minimum absolute atomic E-state index is 0.0196. The first kappa shape index (κ1) is 20.3. The molecule has 1 aliphatic carbocycles. The normalized spacial score (nSPS) is 15.0. The molecule has 4 rings (SSSR count). The number of alkyl halides is 3. The van der Waals surface area contributed by atoms with Crippen molar-refractivity contribution in [2.24, 2.45) is 0 Å². The van der Waals surface area contributed by atoms with Crippen LogP contribution in [-0.4, -0.2) is 15.6 Å². The first-order valence-electron chi connectivity index (χ1n) is 9.95. The van der Waals surface area contributed by atoms with Gasteiger partial charge in [0.1, 0.15) is 18.9 Å². The van der Waals surface area contributed by atoms with Gasteiger partial charge in [0.05, 0.1) is 5.56 Å². The number of aliphatic carboxylic acids is 1. The highest BCUT2D eigenvalue weighted by molar-refractivity contribution is 5.83. The number of ether oxygens (including phenoxy) is 1. The van der Waals surface area contributed by atoms with E-state index >= 15 is 0 Å². The van der Waals surface area contributed by atoms with Gasteiger partial charge in [-0.25, -0.2) is 0 Å². The summed E-state index contributed by atoms with van der Waals surface area (Å²) in [6, 6.07) is 11.5. The van der Waals surface area contributed by atoms with E-state index in [-0.39, 0.29) is 19.1 Å². The van der Waals surface area contributed by atoms with Gasteiger partial charge >= 0.3 is 12.1 Å². The molecule has 1 saturated carbocycles. The summed E-state index contributed by atoms with van der Waals surface area (Å²) in [7, 11) is 0. The van der Waals surface area contributed by atoms with Crippen LogP contribution in [0, 0.1) is 0 Å². The predicted octanol–water partition coefficient (Wildman–Crippen LogP) is 5.98. The summed E-state index contributed by atoms with van der Waals surface area (Å²) in [6.45, 7) is -0.118. The van der Waals surface area contributed by atoms with E-state index in [9.17, 15) is 18.0 Å². The molecule has 0 amide bonds. The van der Waals surface area contributed by atoms with Crippen LogP contribution in [0.15, 0.2) is 48.7 Å². The zero-order valence-electron chi connectivity index (χ0n) is 16.3. The van der Waals surface area contributed by atoms with E-state index < -0.39 is 17.7 Å². The second kappa shape index (κ2) is 8.05. The fraction of sp³-hybridized carbons (Fsp3) is 0.348. The van der Waals surface area contributed by atoms with Crippen molar-refractivity contribution in [3.8, 4) is 5.75 Å². The highest BCUT2D eigenvalue weighted by Crippen LogP contribution is 2.42. The number of aromatic nitrogens is 1. The Labute approximate surface area is 171 Å². The fourth-order valence-corrected chi connectivity index (χ4v) is 4.25. The van der Waals surface area contributed by atoms with E-state index in [1.165, 1.54) is 6.07 Å². The third-order valence-corrected chi connectivity index (χ3v) is 5.67. The zero-order chi connectivity index (χ0) is 21.3. The zero-order valence-corrected chi connectivity index (χ0v) is 16.3. The van der Waals surface area contributed by atoms with Crippen LogP contribution in [0.5, 0.6) is 5.75 Å². The van der Waals surface area contributed by atoms with Gasteiger partial charge in [0.25, 0.3) is 0 Å². The van der Waals surface area contributed by atoms with Crippen LogP contribution in [0.1, 0.15) is 48.3 Å². The van der Waals surface area contributed by atoms with Gasteiger partial charge in [0, 0.05) is 17.1 Å². The van der Waals surface area contributed by atoms with Crippen LogP contribution < -0.4 is 4.74 Å². The second-order valence-electron chi connectivity index (χ2n) is 7.75. The molecule has 30 heavy (non-hydrogen) atoms. The van der Waals surface area contributed by atoms with Crippen LogP contribution in [0.25, 0.3) is 10.9 Å². The predicted molar refractivity (Wildman–Crippen MR) is 107 cm³/mol. The Bertz CT molecular complexity index is 1070. The molecule has 1 fully saturated rings. The lowest BCUT2D eigenvalue weighted by Crippen LogP contribution is -2.12. The largest absolute Gasteiger partial charge is 0.489 e. The van der Waals surface area contributed by atoms with E-state index in [4.69, 9.17) is 9.84 Å². The van der Waals surface area contributed by atoms with Crippen molar-refractivity contribution in [2.75, 3.05) is 0 Å². The van der Waals surface area contributed by atoms with Crippen LogP contribution >= 0.6 is 0 Å². The van der Waals surface area contributed by atoms with Crippen LogP contribution in [0.4, 0.5) is 13.2 Å². The standard InChI is InChI=1S/C23H22F3NO3/c24-23(25,26)20-11-15(5-7-19(20)16-3-1-2-4-16)14-30-18-6-8-21-17(12-18)9-10-27(21)13-22(28)29/h5-12,16H,1-4,13-14H2,(H,28,29). The fourth-order valence-electron chi connectivity index (χ4n) is 4.25. The molecule has 158 valence electrons. The van der Waals surface area contributed by atoms with Crippen molar-refractivity contribution < 1.29 is 27.8 Å². The lowest BCUT2D eigenvalue weighted by atomic mass is 9.91. The molecule has 1 aliphatic rings. The number of hydrogen-bond donors (Lipinski definition) is 1. The summed E-state index contributed by atoms with van der Waals surface area (Å²) in [5, 5.41) is 9.76. The summed E-state index contributed by atoms with van der Waals surface area (Å²) in [5.41, 5.74) is 1.05. The van der Waals surface area contributed by atoms with Gasteiger partial charge in [0.15, 0.2) is 0 Å². The molecule has 7 heteroatoms. The van der Waals surface area contributed by atoms with E-state index in [1.807, 2.05) is 0 Å². The van der Waals surface area contributed by atoms with E-state index in [2.05, 4.69) is 0 Å². The summed E-state index contributed by atoms with van der Waals surface area (Å²) < 4.78 is 48.2. The van der Waals surface area contributed by atoms with Gasteiger partial charge in [-0.3, -0.25) is 4.79 Å². The second-order valence-corrected chi connectivity index (χ2v) is 7.75. The Hall–Kier alpha value is -2.96. The number of carbonyl (C=O) groups is 1. The Balaban J connectivity index is 1.52. The van der Waals surface area contributed by atoms with Gasteiger partial charge in [-0.05, 0) is 60.2 Å². The van der Waals surface area contributed by atoms with E-state index in [0.717, 1.165) is 36.6 Å².